The quantitative estimate of drug-likeness (QED) is 0.645. The highest BCUT2D eigenvalue weighted by atomic mass is 79.9. The van der Waals surface area contributed by atoms with Crippen LogP contribution in [0.4, 0.5) is 0 Å². The summed E-state index contributed by atoms with van der Waals surface area (Å²) in [5, 5.41) is 5.24. The van der Waals surface area contributed by atoms with Crippen molar-refractivity contribution < 1.29 is 4.42 Å². The van der Waals surface area contributed by atoms with Crippen LogP contribution in [0.2, 0.25) is 0 Å². The maximum absolute atomic E-state index is 11.8. The zero-order valence-electron chi connectivity index (χ0n) is 13.1. The lowest BCUT2D eigenvalue weighted by Gasteiger charge is -2.31. The Morgan fingerprint density at radius 3 is 2.83 bits per heavy atom. The summed E-state index contributed by atoms with van der Waals surface area (Å²) in [7, 11) is 0. The monoisotopic (exact) mass is 388 g/mol. The fraction of sp³-hybridized carbons (Fsp3) is 0.353. The molecule has 0 aliphatic carbocycles. The van der Waals surface area contributed by atoms with Gasteiger partial charge >= 0.3 is 5.63 Å². The molecular formula is C17H17BrN4O2. The Hall–Kier alpha value is -1.99. The SMILES string of the molecule is O=c1cc(CN2CCC(n3cncn3)CC2)c2ccc(Br)cc2o1. The normalized spacial score (nSPS) is 16.7. The van der Waals surface area contributed by atoms with Crippen LogP contribution in [0.1, 0.15) is 24.4 Å². The van der Waals surface area contributed by atoms with Gasteiger partial charge < -0.3 is 4.42 Å². The maximum Gasteiger partial charge on any atom is 0.336 e. The predicted octanol–water partition coefficient (Wildman–Crippen LogP) is 2.98. The number of hydrogen-bond donors (Lipinski definition) is 0. The van der Waals surface area contributed by atoms with E-state index in [0.29, 0.717) is 11.6 Å². The van der Waals surface area contributed by atoms with Crippen LogP contribution in [0.15, 0.2) is 50.6 Å². The first kappa shape index (κ1) is 15.5. The van der Waals surface area contributed by atoms with Crippen molar-refractivity contribution in [3.05, 3.63) is 57.4 Å². The van der Waals surface area contributed by atoms with Crippen LogP contribution < -0.4 is 5.63 Å². The molecule has 3 aromatic rings. The van der Waals surface area contributed by atoms with E-state index in [9.17, 15) is 4.79 Å². The Kier molecular flexibility index (Phi) is 4.20. The molecule has 0 N–H and O–H groups in total. The molecule has 0 radical (unpaired) electrons. The Bertz CT molecular complexity index is 899. The van der Waals surface area contributed by atoms with Gasteiger partial charge in [-0.25, -0.2) is 14.5 Å². The molecule has 6 nitrogen and oxygen atoms in total. The number of rotatable bonds is 3. The molecule has 1 saturated heterocycles. The smallest absolute Gasteiger partial charge is 0.336 e. The highest BCUT2D eigenvalue weighted by Gasteiger charge is 2.21. The van der Waals surface area contributed by atoms with Crippen molar-refractivity contribution in [1.82, 2.24) is 19.7 Å². The van der Waals surface area contributed by atoms with Crippen molar-refractivity contribution in [2.45, 2.75) is 25.4 Å². The van der Waals surface area contributed by atoms with Crippen LogP contribution in [0, 0.1) is 0 Å². The molecule has 1 aromatic carbocycles. The number of aromatic nitrogens is 3. The molecule has 3 heterocycles. The van der Waals surface area contributed by atoms with E-state index in [1.54, 1.807) is 18.7 Å². The van der Waals surface area contributed by atoms with Crippen molar-refractivity contribution >= 4 is 26.9 Å². The third-order valence-electron chi connectivity index (χ3n) is 4.55. The van der Waals surface area contributed by atoms with Crippen molar-refractivity contribution in [2.24, 2.45) is 0 Å². The molecule has 124 valence electrons. The fourth-order valence-electron chi connectivity index (χ4n) is 3.32. The Labute approximate surface area is 147 Å². The van der Waals surface area contributed by atoms with Crippen LogP contribution in [0.5, 0.6) is 0 Å². The average Bonchev–Trinajstić information content (AvgIpc) is 3.09. The molecule has 1 aliphatic rings. The van der Waals surface area contributed by atoms with Crippen molar-refractivity contribution in [2.75, 3.05) is 13.1 Å². The molecule has 0 bridgehead atoms. The predicted molar refractivity (Wildman–Crippen MR) is 93.8 cm³/mol. The average molecular weight is 389 g/mol. The van der Waals surface area contributed by atoms with Gasteiger partial charge in [-0.3, -0.25) is 4.90 Å². The summed E-state index contributed by atoms with van der Waals surface area (Å²) in [5.74, 6) is 0. The van der Waals surface area contributed by atoms with Gasteiger partial charge in [0.25, 0.3) is 0 Å². The van der Waals surface area contributed by atoms with E-state index in [4.69, 9.17) is 4.42 Å². The second-order valence-corrected chi connectivity index (χ2v) is 7.03. The second-order valence-electron chi connectivity index (χ2n) is 6.11. The molecule has 4 rings (SSSR count). The van der Waals surface area contributed by atoms with Gasteiger partial charge in [0.2, 0.25) is 0 Å². The van der Waals surface area contributed by atoms with Gasteiger partial charge in [0.05, 0.1) is 6.04 Å². The highest BCUT2D eigenvalue weighted by Crippen LogP contribution is 2.26. The minimum Gasteiger partial charge on any atom is -0.423 e. The van der Waals surface area contributed by atoms with Gasteiger partial charge in [0, 0.05) is 35.6 Å². The molecule has 2 aromatic heterocycles. The molecule has 0 spiro atoms. The van der Waals surface area contributed by atoms with E-state index < -0.39 is 0 Å². The molecule has 0 unspecified atom stereocenters. The van der Waals surface area contributed by atoms with E-state index in [0.717, 1.165) is 47.9 Å². The minimum atomic E-state index is -0.298. The standard InChI is InChI=1S/C17H17BrN4O2/c18-13-1-2-15-12(7-17(23)24-16(15)8-13)9-21-5-3-14(4-6-21)22-11-19-10-20-22/h1-2,7-8,10-11,14H,3-6,9H2. The number of fused-ring (bicyclic) bond motifs is 1. The third kappa shape index (κ3) is 3.14. The first-order chi connectivity index (χ1) is 11.7. The van der Waals surface area contributed by atoms with E-state index in [1.165, 1.54) is 0 Å². The molecule has 0 atom stereocenters. The molecule has 1 fully saturated rings. The van der Waals surface area contributed by atoms with E-state index in [-0.39, 0.29) is 5.63 Å². The zero-order valence-corrected chi connectivity index (χ0v) is 14.6. The highest BCUT2D eigenvalue weighted by molar-refractivity contribution is 9.10. The number of benzene rings is 1. The van der Waals surface area contributed by atoms with Gasteiger partial charge in [-0.2, -0.15) is 5.10 Å². The van der Waals surface area contributed by atoms with Crippen molar-refractivity contribution in [3.63, 3.8) is 0 Å². The summed E-state index contributed by atoms with van der Waals surface area (Å²) in [6, 6.07) is 7.84. The zero-order chi connectivity index (χ0) is 16.5. The Morgan fingerprint density at radius 1 is 1.25 bits per heavy atom. The number of halogens is 1. The summed E-state index contributed by atoms with van der Waals surface area (Å²) in [4.78, 5) is 18.2. The van der Waals surface area contributed by atoms with Gasteiger partial charge in [0.15, 0.2) is 0 Å². The Balaban J connectivity index is 1.52. The van der Waals surface area contributed by atoms with E-state index in [2.05, 4.69) is 30.9 Å². The summed E-state index contributed by atoms with van der Waals surface area (Å²) in [6.07, 6.45) is 5.44. The van der Waals surface area contributed by atoms with Crippen LogP contribution in [-0.2, 0) is 6.54 Å². The first-order valence-corrected chi connectivity index (χ1v) is 8.77. The largest absolute Gasteiger partial charge is 0.423 e. The lowest BCUT2D eigenvalue weighted by atomic mass is 10.0. The lowest BCUT2D eigenvalue weighted by molar-refractivity contribution is 0.173. The first-order valence-electron chi connectivity index (χ1n) is 7.98. The number of piperidine rings is 1. The summed E-state index contributed by atoms with van der Waals surface area (Å²) in [6.45, 7) is 2.71. The molecular weight excluding hydrogens is 372 g/mol. The Morgan fingerprint density at radius 2 is 2.08 bits per heavy atom. The number of hydrogen-bond acceptors (Lipinski definition) is 5. The molecule has 24 heavy (non-hydrogen) atoms. The van der Waals surface area contributed by atoms with Gasteiger partial charge in [-0.1, -0.05) is 15.9 Å². The number of likely N-dealkylation sites (tertiary alicyclic amines) is 1. The van der Waals surface area contributed by atoms with E-state index in [1.807, 2.05) is 22.9 Å². The van der Waals surface area contributed by atoms with Crippen LogP contribution in [0.3, 0.4) is 0 Å². The number of nitrogens with zero attached hydrogens (tertiary/aromatic N) is 4. The topological polar surface area (TPSA) is 64.2 Å². The van der Waals surface area contributed by atoms with Gasteiger partial charge in [-0.05, 0) is 36.6 Å². The molecule has 7 heteroatoms. The second kappa shape index (κ2) is 6.49. The molecule has 0 amide bonds. The van der Waals surface area contributed by atoms with Crippen molar-refractivity contribution in [1.29, 1.82) is 0 Å². The lowest BCUT2D eigenvalue weighted by Crippen LogP contribution is -2.34. The minimum absolute atomic E-state index is 0.298. The van der Waals surface area contributed by atoms with Crippen molar-refractivity contribution in [3.8, 4) is 0 Å². The van der Waals surface area contributed by atoms with Crippen LogP contribution >= 0.6 is 15.9 Å². The van der Waals surface area contributed by atoms with Gasteiger partial charge in [0.1, 0.15) is 18.2 Å². The summed E-state index contributed by atoms with van der Waals surface area (Å²) in [5.41, 5.74) is 1.35. The van der Waals surface area contributed by atoms with Gasteiger partial charge in [-0.15, -0.1) is 0 Å². The fourth-order valence-corrected chi connectivity index (χ4v) is 3.66. The third-order valence-corrected chi connectivity index (χ3v) is 5.05. The van der Waals surface area contributed by atoms with E-state index >= 15 is 0 Å². The van der Waals surface area contributed by atoms with Crippen LogP contribution in [-0.4, -0.2) is 32.8 Å². The van der Waals surface area contributed by atoms with Crippen LogP contribution in [0.25, 0.3) is 11.0 Å². The summed E-state index contributed by atoms with van der Waals surface area (Å²) < 4.78 is 8.17. The maximum atomic E-state index is 11.8. The summed E-state index contributed by atoms with van der Waals surface area (Å²) >= 11 is 3.42. The molecule has 1 aliphatic heterocycles. The molecule has 0 saturated carbocycles.